The van der Waals surface area contributed by atoms with Gasteiger partial charge in [-0.15, -0.1) is 0 Å². The molecule has 0 spiro atoms. The molecule has 0 radical (unpaired) electrons. The zero-order valence-electron chi connectivity index (χ0n) is 10.8. The zero-order chi connectivity index (χ0) is 13.4. The average Bonchev–Trinajstić information content (AvgIpc) is 2.78. The van der Waals surface area contributed by atoms with Crippen molar-refractivity contribution in [3.05, 3.63) is 23.7 Å². The molecular weight excluding hydrogens is 244 g/mol. The summed E-state index contributed by atoms with van der Waals surface area (Å²) in [6.45, 7) is 3.10. The number of nitrogens with zero attached hydrogens (tertiary/aromatic N) is 3. The first-order chi connectivity index (χ1) is 9.15. The third-order valence-corrected chi connectivity index (χ3v) is 3.74. The molecular formula is C13H16N4O2. The molecule has 1 amide bonds. The maximum atomic E-state index is 10.9. The van der Waals surface area contributed by atoms with E-state index >= 15 is 0 Å². The molecule has 1 aliphatic rings. The van der Waals surface area contributed by atoms with Gasteiger partial charge >= 0.3 is 6.09 Å². The Hall–Kier alpha value is -2.11. The molecule has 0 atom stereocenters. The number of nitrogens with one attached hydrogen (secondary N) is 1. The van der Waals surface area contributed by atoms with Crippen molar-refractivity contribution in [1.29, 1.82) is 0 Å². The van der Waals surface area contributed by atoms with Gasteiger partial charge in [0.1, 0.15) is 11.3 Å². The van der Waals surface area contributed by atoms with E-state index in [-0.39, 0.29) is 0 Å². The number of fused-ring (bicyclic) bond motifs is 1. The number of piperidine rings is 1. The summed E-state index contributed by atoms with van der Waals surface area (Å²) in [5.74, 6) is 1.22. The van der Waals surface area contributed by atoms with Crippen molar-refractivity contribution < 1.29 is 9.90 Å². The summed E-state index contributed by atoms with van der Waals surface area (Å²) in [5, 5.41) is 8.97. The van der Waals surface area contributed by atoms with Crippen molar-refractivity contribution in [2.45, 2.75) is 25.7 Å². The molecule has 0 aliphatic carbocycles. The summed E-state index contributed by atoms with van der Waals surface area (Å²) in [6.07, 6.45) is 2.65. The maximum absolute atomic E-state index is 10.9. The Morgan fingerprint density at radius 2 is 2.21 bits per heavy atom. The minimum absolute atomic E-state index is 0.365. The number of likely N-dealkylation sites (tertiary alicyclic amines) is 1. The smallest absolute Gasteiger partial charge is 0.407 e. The number of hydrogen-bond acceptors (Lipinski definition) is 3. The highest BCUT2D eigenvalue weighted by Gasteiger charge is 2.25. The zero-order valence-corrected chi connectivity index (χ0v) is 10.8. The number of hydrogen-bond donors (Lipinski definition) is 2. The van der Waals surface area contributed by atoms with Crippen LogP contribution in [0.3, 0.4) is 0 Å². The molecule has 1 aliphatic heterocycles. The molecule has 100 valence electrons. The first kappa shape index (κ1) is 12.0. The molecule has 3 rings (SSSR count). The highest BCUT2D eigenvalue weighted by Crippen LogP contribution is 2.31. The van der Waals surface area contributed by atoms with Gasteiger partial charge in [-0.1, -0.05) is 0 Å². The minimum Gasteiger partial charge on any atom is -0.465 e. The van der Waals surface area contributed by atoms with Crippen LogP contribution in [-0.2, 0) is 0 Å². The van der Waals surface area contributed by atoms with E-state index in [1.54, 1.807) is 6.20 Å². The Kier molecular flexibility index (Phi) is 2.85. The molecule has 6 heteroatoms. The van der Waals surface area contributed by atoms with Crippen LogP contribution < -0.4 is 0 Å². The number of rotatable bonds is 1. The topological polar surface area (TPSA) is 82.1 Å². The first-order valence-electron chi connectivity index (χ1n) is 6.44. The second-order valence-corrected chi connectivity index (χ2v) is 4.96. The van der Waals surface area contributed by atoms with Gasteiger partial charge in [-0.3, -0.25) is 0 Å². The Labute approximate surface area is 110 Å². The summed E-state index contributed by atoms with van der Waals surface area (Å²) in [7, 11) is 0. The fraction of sp³-hybridized carbons (Fsp3) is 0.462. The first-order valence-corrected chi connectivity index (χ1v) is 6.44. The standard InChI is InChI=1S/C13H16N4O2/c1-8-15-11-10(2-5-14-12(11)16-8)9-3-6-17(7-4-9)13(18)19/h2,5,9H,3-4,6-7H2,1H3,(H,18,19)(H,14,15,16). The molecule has 2 N–H and O–H groups in total. The summed E-state index contributed by atoms with van der Waals surface area (Å²) in [6, 6.07) is 2.00. The molecule has 0 bridgehead atoms. The number of amides is 1. The van der Waals surface area contributed by atoms with Gasteiger partial charge in [0, 0.05) is 19.3 Å². The predicted molar refractivity (Wildman–Crippen MR) is 70.2 cm³/mol. The number of carboxylic acid groups (broad SMARTS) is 1. The van der Waals surface area contributed by atoms with E-state index in [0.29, 0.717) is 19.0 Å². The number of aryl methyl sites for hydroxylation is 1. The lowest BCUT2D eigenvalue weighted by Crippen LogP contribution is -2.36. The third-order valence-electron chi connectivity index (χ3n) is 3.74. The van der Waals surface area contributed by atoms with E-state index in [9.17, 15) is 4.79 Å². The predicted octanol–water partition coefficient (Wildman–Crippen LogP) is 2.12. The van der Waals surface area contributed by atoms with Crippen LogP contribution in [0.15, 0.2) is 12.3 Å². The molecule has 0 unspecified atom stereocenters. The number of H-pyrrole nitrogens is 1. The van der Waals surface area contributed by atoms with E-state index in [2.05, 4.69) is 15.0 Å². The average molecular weight is 260 g/mol. The monoisotopic (exact) mass is 260 g/mol. The number of imidazole rings is 1. The maximum Gasteiger partial charge on any atom is 0.407 e. The number of aromatic amines is 1. The fourth-order valence-corrected chi connectivity index (χ4v) is 2.76. The van der Waals surface area contributed by atoms with Crippen molar-refractivity contribution in [3.8, 4) is 0 Å². The van der Waals surface area contributed by atoms with Crippen molar-refractivity contribution in [2.24, 2.45) is 0 Å². The Morgan fingerprint density at radius 1 is 1.47 bits per heavy atom. The molecule has 3 heterocycles. The summed E-state index contributed by atoms with van der Waals surface area (Å²) >= 11 is 0. The van der Waals surface area contributed by atoms with Gasteiger partial charge in [-0.2, -0.15) is 0 Å². The molecule has 19 heavy (non-hydrogen) atoms. The second-order valence-electron chi connectivity index (χ2n) is 4.96. The lowest BCUT2D eigenvalue weighted by atomic mass is 9.89. The van der Waals surface area contributed by atoms with Crippen LogP contribution in [0.2, 0.25) is 0 Å². The lowest BCUT2D eigenvalue weighted by Gasteiger charge is -2.30. The molecule has 1 fully saturated rings. The van der Waals surface area contributed by atoms with Gasteiger partial charge in [0.15, 0.2) is 5.65 Å². The number of aromatic nitrogens is 3. The van der Waals surface area contributed by atoms with Crippen LogP contribution >= 0.6 is 0 Å². The minimum atomic E-state index is -0.825. The van der Waals surface area contributed by atoms with Gasteiger partial charge in [-0.25, -0.2) is 14.8 Å². The highest BCUT2D eigenvalue weighted by molar-refractivity contribution is 5.75. The molecule has 0 aromatic carbocycles. The van der Waals surface area contributed by atoms with Crippen LogP contribution in [-0.4, -0.2) is 44.1 Å². The Balaban J connectivity index is 1.87. The fourth-order valence-electron chi connectivity index (χ4n) is 2.76. The molecule has 0 saturated carbocycles. The van der Waals surface area contributed by atoms with Gasteiger partial charge < -0.3 is 15.0 Å². The SMILES string of the molecule is Cc1nc2c(C3CCN(C(=O)O)CC3)ccnc2[nH]1. The summed E-state index contributed by atoms with van der Waals surface area (Å²) < 4.78 is 0. The Bertz CT molecular complexity index is 614. The van der Waals surface area contributed by atoms with Gasteiger partial charge in [-0.05, 0) is 37.3 Å². The highest BCUT2D eigenvalue weighted by atomic mass is 16.4. The normalized spacial score (nSPS) is 17.0. The van der Waals surface area contributed by atoms with E-state index in [4.69, 9.17) is 5.11 Å². The van der Waals surface area contributed by atoms with E-state index in [0.717, 1.165) is 29.8 Å². The lowest BCUT2D eigenvalue weighted by molar-refractivity contribution is 0.132. The van der Waals surface area contributed by atoms with Crippen molar-refractivity contribution in [3.63, 3.8) is 0 Å². The largest absolute Gasteiger partial charge is 0.465 e. The quantitative estimate of drug-likeness (QED) is 0.822. The molecule has 6 nitrogen and oxygen atoms in total. The summed E-state index contributed by atoms with van der Waals surface area (Å²) in [5.41, 5.74) is 2.92. The Morgan fingerprint density at radius 3 is 2.89 bits per heavy atom. The van der Waals surface area contributed by atoms with Crippen LogP contribution in [0.5, 0.6) is 0 Å². The molecule has 2 aromatic rings. The summed E-state index contributed by atoms with van der Waals surface area (Å²) in [4.78, 5) is 24.3. The van der Waals surface area contributed by atoms with Crippen LogP contribution in [0.25, 0.3) is 11.2 Å². The van der Waals surface area contributed by atoms with Crippen LogP contribution in [0, 0.1) is 6.92 Å². The van der Waals surface area contributed by atoms with Crippen molar-refractivity contribution in [2.75, 3.05) is 13.1 Å². The van der Waals surface area contributed by atoms with Gasteiger partial charge in [0.25, 0.3) is 0 Å². The van der Waals surface area contributed by atoms with E-state index in [1.807, 2.05) is 13.0 Å². The van der Waals surface area contributed by atoms with Crippen molar-refractivity contribution in [1.82, 2.24) is 19.9 Å². The van der Waals surface area contributed by atoms with Crippen LogP contribution in [0.4, 0.5) is 4.79 Å². The molecule has 2 aromatic heterocycles. The third kappa shape index (κ3) is 2.14. The molecule has 1 saturated heterocycles. The number of carbonyl (C=O) groups is 1. The number of pyridine rings is 1. The van der Waals surface area contributed by atoms with E-state index in [1.165, 1.54) is 10.5 Å². The van der Waals surface area contributed by atoms with Crippen molar-refractivity contribution >= 4 is 17.3 Å². The van der Waals surface area contributed by atoms with E-state index < -0.39 is 6.09 Å². The van der Waals surface area contributed by atoms with Gasteiger partial charge in [0.05, 0.1) is 0 Å². The van der Waals surface area contributed by atoms with Gasteiger partial charge in [0.2, 0.25) is 0 Å². The second kappa shape index (κ2) is 4.53. The van der Waals surface area contributed by atoms with Crippen LogP contribution in [0.1, 0.15) is 30.1 Å².